The zero-order valence-corrected chi connectivity index (χ0v) is 11.4. The third-order valence-electron chi connectivity index (χ3n) is 3.63. The molecule has 1 N–H and O–H groups in total. The van der Waals surface area contributed by atoms with Crippen molar-refractivity contribution in [1.29, 1.82) is 0 Å². The van der Waals surface area contributed by atoms with Crippen LogP contribution in [0.5, 0.6) is 0 Å². The Balaban J connectivity index is 1.80. The van der Waals surface area contributed by atoms with Crippen LogP contribution in [-0.4, -0.2) is 30.6 Å². The summed E-state index contributed by atoms with van der Waals surface area (Å²) in [5, 5.41) is 3.58. The smallest absolute Gasteiger partial charge is 0.0342 e. The molecular formula is C16H24N2. The standard InChI is InChI=1S/C16H24N2/c1-3-11-18-12-9-16(10-13-18)17-14(2)15-7-5-4-6-8-15/h4-8,16-17H,2-3,9-13H2,1H3. The number of benzene rings is 1. The van der Waals surface area contributed by atoms with Crippen LogP contribution in [0.25, 0.3) is 5.70 Å². The van der Waals surface area contributed by atoms with Gasteiger partial charge in [0.15, 0.2) is 0 Å². The molecule has 2 rings (SSSR count). The van der Waals surface area contributed by atoms with Gasteiger partial charge in [-0.05, 0) is 31.4 Å². The van der Waals surface area contributed by atoms with Crippen LogP contribution in [0, 0.1) is 0 Å². The topological polar surface area (TPSA) is 15.3 Å². The maximum absolute atomic E-state index is 4.15. The van der Waals surface area contributed by atoms with Gasteiger partial charge >= 0.3 is 0 Å². The second-order valence-corrected chi connectivity index (χ2v) is 5.10. The molecule has 0 spiro atoms. The molecule has 0 bridgehead atoms. The van der Waals surface area contributed by atoms with Gasteiger partial charge in [0.1, 0.15) is 0 Å². The number of rotatable bonds is 5. The second-order valence-electron chi connectivity index (χ2n) is 5.10. The van der Waals surface area contributed by atoms with Crippen LogP contribution in [0.2, 0.25) is 0 Å². The summed E-state index contributed by atoms with van der Waals surface area (Å²) in [4.78, 5) is 2.56. The highest BCUT2D eigenvalue weighted by molar-refractivity contribution is 5.61. The van der Waals surface area contributed by atoms with Gasteiger partial charge in [0.2, 0.25) is 0 Å². The highest BCUT2D eigenvalue weighted by atomic mass is 15.1. The molecule has 1 aliphatic heterocycles. The van der Waals surface area contributed by atoms with E-state index in [2.05, 4.69) is 48.0 Å². The van der Waals surface area contributed by atoms with Gasteiger partial charge in [0, 0.05) is 24.8 Å². The molecule has 0 radical (unpaired) electrons. The third-order valence-corrected chi connectivity index (χ3v) is 3.63. The molecule has 0 unspecified atom stereocenters. The molecule has 1 aromatic carbocycles. The number of hydrogen-bond donors (Lipinski definition) is 1. The Hall–Kier alpha value is -1.28. The summed E-state index contributed by atoms with van der Waals surface area (Å²) in [6, 6.07) is 11.0. The van der Waals surface area contributed by atoms with Gasteiger partial charge in [-0.15, -0.1) is 0 Å². The molecule has 1 aromatic rings. The Kier molecular flexibility index (Phi) is 4.82. The monoisotopic (exact) mass is 244 g/mol. The molecule has 0 aliphatic carbocycles. The normalized spacial score (nSPS) is 17.6. The number of piperidine rings is 1. The summed E-state index contributed by atoms with van der Waals surface area (Å²) in [7, 11) is 0. The minimum Gasteiger partial charge on any atom is -0.382 e. The molecule has 2 heteroatoms. The van der Waals surface area contributed by atoms with Crippen molar-refractivity contribution in [3.8, 4) is 0 Å². The van der Waals surface area contributed by atoms with E-state index in [-0.39, 0.29) is 0 Å². The average Bonchev–Trinajstić information content (AvgIpc) is 2.42. The predicted molar refractivity (Wildman–Crippen MR) is 78.4 cm³/mol. The maximum Gasteiger partial charge on any atom is 0.0342 e. The van der Waals surface area contributed by atoms with Crippen LogP contribution in [0.15, 0.2) is 36.9 Å². The SMILES string of the molecule is C=C(NC1CCN(CCC)CC1)c1ccccc1. The van der Waals surface area contributed by atoms with Gasteiger partial charge in [-0.2, -0.15) is 0 Å². The highest BCUT2D eigenvalue weighted by Crippen LogP contribution is 2.15. The molecule has 0 saturated carbocycles. The predicted octanol–water partition coefficient (Wildman–Crippen LogP) is 3.12. The largest absolute Gasteiger partial charge is 0.382 e. The number of nitrogens with zero attached hydrogens (tertiary/aromatic N) is 1. The van der Waals surface area contributed by atoms with Crippen molar-refractivity contribution in [2.45, 2.75) is 32.2 Å². The number of likely N-dealkylation sites (tertiary alicyclic amines) is 1. The fourth-order valence-corrected chi connectivity index (χ4v) is 2.59. The van der Waals surface area contributed by atoms with Gasteiger partial charge in [-0.25, -0.2) is 0 Å². The Morgan fingerprint density at radius 2 is 1.94 bits per heavy atom. The summed E-state index contributed by atoms with van der Waals surface area (Å²) >= 11 is 0. The number of nitrogens with one attached hydrogen (secondary N) is 1. The number of hydrogen-bond acceptors (Lipinski definition) is 2. The zero-order chi connectivity index (χ0) is 12.8. The van der Waals surface area contributed by atoms with Gasteiger partial charge in [-0.3, -0.25) is 0 Å². The summed E-state index contributed by atoms with van der Waals surface area (Å²) < 4.78 is 0. The summed E-state index contributed by atoms with van der Waals surface area (Å²) in [6.45, 7) is 10.1. The Morgan fingerprint density at radius 1 is 1.28 bits per heavy atom. The van der Waals surface area contributed by atoms with Gasteiger partial charge in [0.25, 0.3) is 0 Å². The van der Waals surface area contributed by atoms with E-state index in [0.29, 0.717) is 6.04 Å². The van der Waals surface area contributed by atoms with E-state index >= 15 is 0 Å². The maximum atomic E-state index is 4.15. The molecule has 1 saturated heterocycles. The van der Waals surface area contributed by atoms with E-state index in [4.69, 9.17) is 0 Å². The van der Waals surface area contributed by atoms with Crippen molar-refractivity contribution in [3.05, 3.63) is 42.5 Å². The molecule has 0 atom stereocenters. The highest BCUT2D eigenvalue weighted by Gasteiger charge is 2.18. The first kappa shape index (κ1) is 13.2. The van der Waals surface area contributed by atoms with Gasteiger partial charge in [0.05, 0.1) is 0 Å². The van der Waals surface area contributed by atoms with Crippen LogP contribution >= 0.6 is 0 Å². The van der Waals surface area contributed by atoms with E-state index in [1.807, 2.05) is 6.07 Å². The molecule has 1 fully saturated rings. The Bertz CT molecular complexity index is 364. The van der Waals surface area contributed by atoms with E-state index in [0.717, 1.165) is 5.70 Å². The molecular weight excluding hydrogens is 220 g/mol. The fourth-order valence-electron chi connectivity index (χ4n) is 2.59. The zero-order valence-electron chi connectivity index (χ0n) is 11.4. The van der Waals surface area contributed by atoms with Crippen molar-refractivity contribution in [2.24, 2.45) is 0 Å². The molecule has 2 nitrogen and oxygen atoms in total. The van der Waals surface area contributed by atoms with Crippen LogP contribution < -0.4 is 5.32 Å². The molecule has 1 heterocycles. The van der Waals surface area contributed by atoms with Crippen molar-refractivity contribution in [3.63, 3.8) is 0 Å². The molecule has 18 heavy (non-hydrogen) atoms. The van der Waals surface area contributed by atoms with Crippen LogP contribution in [0.3, 0.4) is 0 Å². The summed E-state index contributed by atoms with van der Waals surface area (Å²) in [5.41, 5.74) is 2.26. The first-order chi connectivity index (χ1) is 8.79. The molecule has 98 valence electrons. The second kappa shape index (κ2) is 6.60. The van der Waals surface area contributed by atoms with Crippen molar-refractivity contribution < 1.29 is 0 Å². The van der Waals surface area contributed by atoms with E-state index in [9.17, 15) is 0 Å². The Labute approximate surface area is 111 Å². The van der Waals surface area contributed by atoms with Crippen molar-refractivity contribution >= 4 is 5.70 Å². The first-order valence-corrected chi connectivity index (χ1v) is 7.03. The van der Waals surface area contributed by atoms with Gasteiger partial charge in [-0.1, -0.05) is 43.8 Å². The summed E-state index contributed by atoms with van der Waals surface area (Å²) in [6.07, 6.45) is 3.71. The molecule has 0 amide bonds. The Morgan fingerprint density at radius 3 is 2.56 bits per heavy atom. The van der Waals surface area contributed by atoms with Crippen LogP contribution in [0.4, 0.5) is 0 Å². The van der Waals surface area contributed by atoms with Crippen molar-refractivity contribution in [1.82, 2.24) is 10.2 Å². The lowest BCUT2D eigenvalue weighted by molar-refractivity contribution is 0.206. The molecule has 0 aromatic heterocycles. The average molecular weight is 244 g/mol. The van der Waals surface area contributed by atoms with Crippen LogP contribution in [0.1, 0.15) is 31.7 Å². The van der Waals surface area contributed by atoms with E-state index < -0.39 is 0 Å². The van der Waals surface area contributed by atoms with Gasteiger partial charge < -0.3 is 10.2 Å². The quantitative estimate of drug-likeness (QED) is 0.856. The lowest BCUT2D eigenvalue weighted by atomic mass is 10.0. The summed E-state index contributed by atoms with van der Waals surface area (Å²) in [5.74, 6) is 0. The van der Waals surface area contributed by atoms with E-state index in [1.54, 1.807) is 0 Å². The van der Waals surface area contributed by atoms with Crippen molar-refractivity contribution in [2.75, 3.05) is 19.6 Å². The first-order valence-electron chi connectivity index (χ1n) is 7.03. The third kappa shape index (κ3) is 3.61. The lowest BCUT2D eigenvalue weighted by Crippen LogP contribution is -2.41. The fraction of sp³-hybridized carbons (Fsp3) is 0.500. The van der Waals surface area contributed by atoms with E-state index in [1.165, 1.54) is 44.5 Å². The minimum atomic E-state index is 0.589. The minimum absolute atomic E-state index is 0.589. The lowest BCUT2D eigenvalue weighted by Gasteiger charge is -2.33. The van der Waals surface area contributed by atoms with Crippen LogP contribution in [-0.2, 0) is 0 Å². The molecule has 1 aliphatic rings.